The van der Waals surface area contributed by atoms with Crippen molar-refractivity contribution in [1.29, 1.82) is 0 Å². The lowest BCUT2D eigenvalue weighted by Crippen LogP contribution is -1.95. The Morgan fingerprint density at radius 1 is 0.958 bits per heavy atom. The van der Waals surface area contributed by atoms with E-state index in [1.165, 1.54) is 79.2 Å². The van der Waals surface area contributed by atoms with Crippen LogP contribution in [0.15, 0.2) is 48.0 Å². The molecule has 0 aromatic heterocycles. The number of hydrogen-bond donors (Lipinski definition) is 0. The van der Waals surface area contributed by atoms with Crippen LogP contribution in [-0.2, 0) is 12.8 Å². The number of allylic oxidation sites excluding steroid dienone is 1. The molecular formula is C24H28. The lowest BCUT2D eigenvalue weighted by atomic mass is 9.96. The third-order valence-electron chi connectivity index (χ3n) is 5.79. The molecule has 1 fully saturated rings. The van der Waals surface area contributed by atoms with Gasteiger partial charge in [0.1, 0.15) is 0 Å². The van der Waals surface area contributed by atoms with E-state index in [9.17, 15) is 0 Å². The number of aryl methyl sites for hydroxylation is 1. The molecule has 0 heteroatoms. The minimum atomic E-state index is 0.947. The maximum atomic E-state index is 2.50. The van der Waals surface area contributed by atoms with E-state index in [0.29, 0.717) is 0 Å². The third-order valence-corrected chi connectivity index (χ3v) is 5.79. The summed E-state index contributed by atoms with van der Waals surface area (Å²) in [6.07, 6.45) is 13.2. The Hall–Kier alpha value is -1.82. The van der Waals surface area contributed by atoms with E-state index in [2.05, 4.69) is 55.5 Å². The van der Waals surface area contributed by atoms with Crippen molar-refractivity contribution in [1.82, 2.24) is 0 Å². The molecule has 0 radical (unpaired) electrons. The molecule has 0 atom stereocenters. The van der Waals surface area contributed by atoms with Gasteiger partial charge in [-0.25, -0.2) is 0 Å². The minimum absolute atomic E-state index is 0.947. The highest BCUT2D eigenvalue weighted by atomic mass is 14.3. The number of hydrogen-bond acceptors (Lipinski definition) is 0. The number of fused-ring (bicyclic) bond motifs is 1. The molecule has 24 heavy (non-hydrogen) atoms. The summed E-state index contributed by atoms with van der Waals surface area (Å²) in [5.74, 6) is 0.947. The molecule has 2 aromatic rings. The van der Waals surface area contributed by atoms with Crippen molar-refractivity contribution in [3.8, 4) is 11.1 Å². The zero-order valence-corrected chi connectivity index (χ0v) is 14.9. The fourth-order valence-corrected chi connectivity index (χ4v) is 4.55. The van der Waals surface area contributed by atoms with Crippen LogP contribution in [0.5, 0.6) is 0 Å². The van der Waals surface area contributed by atoms with Crippen LogP contribution in [0.4, 0.5) is 0 Å². The smallest absolute Gasteiger partial charge is 0.00575 e. The summed E-state index contributed by atoms with van der Waals surface area (Å²) >= 11 is 0. The number of benzene rings is 2. The molecule has 0 amide bonds. The summed E-state index contributed by atoms with van der Waals surface area (Å²) in [5.41, 5.74) is 8.90. The molecule has 0 bridgehead atoms. The molecule has 0 spiro atoms. The van der Waals surface area contributed by atoms with Gasteiger partial charge < -0.3 is 0 Å². The fraction of sp³-hybridized carbons (Fsp3) is 0.417. The Kier molecular flexibility index (Phi) is 4.56. The molecule has 2 aromatic carbocycles. The van der Waals surface area contributed by atoms with Crippen molar-refractivity contribution in [3.63, 3.8) is 0 Å². The Bertz CT molecular complexity index is 727. The Balaban J connectivity index is 1.59. The summed E-state index contributed by atoms with van der Waals surface area (Å²) < 4.78 is 0. The van der Waals surface area contributed by atoms with Crippen LogP contribution in [0.1, 0.15) is 62.1 Å². The van der Waals surface area contributed by atoms with E-state index < -0.39 is 0 Å². The van der Waals surface area contributed by atoms with Gasteiger partial charge in [0, 0.05) is 0 Å². The first kappa shape index (κ1) is 15.7. The third kappa shape index (κ3) is 3.20. The largest absolute Gasteiger partial charge is 0.0651 e. The molecule has 0 aliphatic heterocycles. The zero-order valence-electron chi connectivity index (χ0n) is 14.9. The standard InChI is InChI=1S/C24H28/c1-2-6-18-11-13-21(14-12-18)23-10-5-9-22-16-20(17-24(22)23)15-19-7-3-4-8-19/h5,9-14,17,19H,2-4,6-8,15-16H2,1H3. The van der Waals surface area contributed by atoms with Gasteiger partial charge in [-0.1, -0.05) is 93.1 Å². The van der Waals surface area contributed by atoms with E-state index in [4.69, 9.17) is 0 Å². The molecule has 0 unspecified atom stereocenters. The number of rotatable bonds is 5. The summed E-state index contributed by atoms with van der Waals surface area (Å²) in [4.78, 5) is 0. The molecular weight excluding hydrogens is 288 g/mol. The van der Waals surface area contributed by atoms with Crippen LogP contribution in [0.3, 0.4) is 0 Å². The first-order valence-corrected chi connectivity index (χ1v) is 9.74. The van der Waals surface area contributed by atoms with E-state index in [0.717, 1.165) is 5.92 Å². The van der Waals surface area contributed by atoms with Gasteiger partial charge in [-0.3, -0.25) is 0 Å². The van der Waals surface area contributed by atoms with Crippen LogP contribution < -0.4 is 0 Å². The highest BCUT2D eigenvalue weighted by molar-refractivity contribution is 5.80. The lowest BCUT2D eigenvalue weighted by Gasteiger charge is -2.09. The topological polar surface area (TPSA) is 0 Å². The second-order valence-electron chi connectivity index (χ2n) is 7.66. The van der Waals surface area contributed by atoms with Gasteiger partial charge >= 0.3 is 0 Å². The monoisotopic (exact) mass is 316 g/mol. The van der Waals surface area contributed by atoms with Crippen molar-refractivity contribution < 1.29 is 0 Å². The van der Waals surface area contributed by atoms with Crippen molar-refractivity contribution in [2.45, 2.75) is 58.3 Å². The first-order valence-electron chi connectivity index (χ1n) is 9.74. The quantitative estimate of drug-likeness (QED) is 0.567. The van der Waals surface area contributed by atoms with Crippen molar-refractivity contribution in [3.05, 3.63) is 64.7 Å². The molecule has 2 aliphatic rings. The van der Waals surface area contributed by atoms with Gasteiger partial charge in [0.25, 0.3) is 0 Å². The minimum Gasteiger partial charge on any atom is -0.0651 e. The van der Waals surface area contributed by atoms with Crippen LogP contribution in [0, 0.1) is 5.92 Å². The maximum Gasteiger partial charge on any atom is -0.00575 e. The molecule has 4 rings (SSSR count). The molecule has 2 aliphatic carbocycles. The normalized spacial score (nSPS) is 17.1. The zero-order chi connectivity index (χ0) is 16.4. The molecule has 0 nitrogen and oxygen atoms in total. The maximum absolute atomic E-state index is 2.50. The lowest BCUT2D eigenvalue weighted by molar-refractivity contribution is 0.541. The van der Waals surface area contributed by atoms with Gasteiger partial charge in [-0.15, -0.1) is 0 Å². The average Bonchev–Trinajstić information content (AvgIpc) is 3.25. The molecule has 1 saturated carbocycles. The van der Waals surface area contributed by atoms with Crippen LogP contribution in [0.2, 0.25) is 0 Å². The second-order valence-corrected chi connectivity index (χ2v) is 7.66. The van der Waals surface area contributed by atoms with Gasteiger partial charge in [-0.2, -0.15) is 0 Å². The summed E-state index contributed by atoms with van der Waals surface area (Å²) in [6, 6.07) is 16.1. The SMILES string of the molecule is CCCc1ccc(-c2cccc3c2C=C(CC2CCCC2)C3)cc1. The van der Waals surface area contributed by atoms with E-state index >= 15 is 0 Å². The van der Waals surface area contributed by atoms with Crippen molar-refractivity contribution in [2.24, 2.45) is 5.92 Å². The molecule has 0 saturated heterocycles. The van der Waals surface area contributed by atoms with Gasteiger partial charge in [-0.05, 0) is 53.0 Å². The Morgan fingerprint density at radius 3 is 2.50 bits per heavy atom. The summed E-state index contributed by atoms with van der Waals surface area (Å²) in [7, 11) is 0. The Labute approximate surface area is 146 Å². The predicted octanol–water partition coefficient (Wildman–Crippen LogP) is 6.83. The molecule has 0 N–H and O–H groups in total. The fourth-order valence-electron chi connectivity index (χ4n) is 4.55. The van der Waals surface area contributed by atoms with Crippen LogP contribution >= 0.6 is 0 Å². The van der Waals surface area contributed by atoms with Gasteiger partial charge in [0.2, 0.25) is 0 Å². The van der Waals surface area contributed by atoms with Crippen LogP contribution in [-0.4, -0.2) is 0 Å². The first-order chi connectivity index (χ1) is 11.8. The second kappa shape index (κ2) is 6.97. The van der Waals surface area contributed by atoms with Crippen molar-refractivity contribution in [2.75, 3.05) is 0 Å². The highest BCUT2D eigenvalue weighted by Gasteiger charge is 2.21. The van der Waals surface area contributed by atoms with Crippen LogP contribution in [0.25, 0.3) is 17.2 Å². The summed E-state index contributed by atoms with van der Waals surface area (Å²) in [5, 5.41) is 0. The Morgan fingerprint density at radius 2 is 1.75 bits per heavy atom. The van der Waals surface area contributed by atoms with E-state index in [1.54, 1.807) is 5.57 Å². The van der Waals surface area contributed by atoms with Gasteiger partial charge in [0.15, 0.2) is 0 Å². The molecule has 0 heterocycles. The average molecular weight is 316 g/mol. The molecule has 124 valence electrons. The van der Waals surface area contributed by atoms with Crippen molar-refractivity contribution >= 4 is 6.08 Å². The van der Waals surface area contributed by atoms with Gasteiger partial charge in [0.05, 0.1) is 0 Å². The van der Waals surface area contributed by atoms with E-state index in [1.807, 2.05) is 0 Å². The predicted molar refractivity (Wildman–Crippen MR) is 104 cm³/mol. The van der Waals surface area contributed by atoms with E-state index in [-0.39, 0.29) is 0 Å². The highest BCUT2D eigenvalue weighted by Crippen LogP contribution is 2.38. The summed E-state index contributed by atoms with van der Waals surface area (Å²) in [6.45, 7) is 2.24.